The van der Waals surface area contributed by atoms with Gasteiger partial charge in [0.1, 0.15) is 6.33 Å². The number of aromatic nitrogens is 3. The van der Waals surface area contributed by atoms with Crippen LogP contribution in [0.2, 0.25) is 5.02 Å². The molecular weight excluding hydrogens is 294 g/mol. The molecule has 0 amide bonds. The summed E-state index contributed by atoms with van der Waals surface area (Å²) in [6.07, 6.45) is 1.59. The molecule has 112 valence electrons. The van der Waals surface area contributed by atoms with Gasteiger partial charge in [-0.25, -0.2) is 9.78 Å². The van der Waals surface area contributed by atoms with Crippen LogP contribution in [0.1, 0.15) is 23.1 Å². The summed E-state index contributed by atoms with van der Waals surface area (Å²) >= 11 is 6.15. The first kappa shape index (κ1) is 15.1. The van der Waals surface area contributed by atoms with E-state index in [1.54, 1.807) is 31.0 Å². The van der Waals surface area contributed by atoms with Gasteiger partial charge in [0.25, 0.3) is 0 Å². The van der Waals surface area contributed by atoms with Crippen LogP contribution < -0.4 is 11.1 Å². The van der Waals surface area contributed by atoms with Gasteiger partial charge >= 0.3 is 5.97 Å². The Balaban J connectivity index is 2.26. The summed E-state index contributed by atoms with van der Waals surface area (Å²) in [5, 5.41) is 7.54. The maximum atomic E-state index is 12.0. The highest BCUT2D eigenvalue weighted by molar-refractivity contribution is 6.34. The van der Waals surface area contributed by atoms with E-state index in [2.05, 4.69) is 15.4 Å². The zero-order valence-corrected chi connectivity index (χ0v) is 12.5. The highest BCUT2D eigenvalue weighted by atomic mass is 35.5. The molecule has 1 aromatic carbocycles. The van der Waals surface area contributed by atoms with Crippen molar-refractivity contribution in [1.82, 2.24) is 14.8 Å². The Bertz CT molecular complexity index is 656. The zero-order chi connectivity index (χ0) is 15.4. The van der Waals surface area contributed by atoms with Gasteiger partial charge in [-0.05, 0) is 19.1 Å². The van der Waals surface area contributed by atoms with Crippen LogP contribution in [0.5, 0.6) is 0 Å². The number of carbonyl (C=O) groups excluding carboxylic acids is 1. The number of rotatable bonds is 5. The van der Waals surface area contributed by atoms with Crippen LogP contribution in [0.15, 0.2) is 18.5 Å². The lowest BCUT2D eigenvalue weighted by Crippen LogP contribution is -2.12. The number of hydrogen-bond donors (Lipinski definition) is 2. The van der Waals surface area contributed by atoms with Gasteiger partial charge in [0.2, 0.25) is 0 Å². The summed E-state index contributed by atoms with van der Waals surface area (Å²) in [5.74, 6) is 0.100. The normalized spacial score (nSPS) is 10.4. The van der Waals surface area contributed by atoms with Crippen molar-refractivity contribution in [1.29, 1.82) is 0 Å². The van der Waals surface area contributed by atoms with E-state index < -0.39 is 5.97 Å². The molecule has 0 aliphatic carbocycles. The average Bonchev–Trinajstić information content (AvgIpc) is 2.83. The fraction of sp³-hybridized carbons (Fsp3) is 0.308. The molecule has 0 bridgehead atoms. The van der Waals surface area contributed by atoms with E-state index in [-0.39, 0.29) is 12.2 Å². The molecule has 0 aliphatic rings. The molecule has 2 rings (SSSR count). The maximum Gasteiger partial charge on any atom is 0.340 e. The number of nitrogen functional groups attached to an aromatic ring is 1. The minimum absolute atomic E-state index is 0.270. The van der Waals surface area contributed by atoms with Crippen LogP contribution in [-0.2, 0) is 18.3 Å². The Hall–Kier alpha value is -2.28. The lowest BCUT2D eigenvalue weighted by Gasteiger charge is -2.13. The van der Waals surface area contributed by atoms with E-state index in [0.29, 0.717) is 28.8 Å². The van der Waals surface area contributed by atoms with Crippen LogP contribution in [0.25, 0.3) is 0 Å². The zero-order valence-electron chi connectivity index (χ0n) is 11.8. The second kappa shape index (κ2) is 6.45. The van der Waals surface area contributed by atoms with E-state index in [4.69, 9.17) is 22.1 Å². The molecule has 1 aromatic heterocycles. The van der Waals surface area contributed by atoms with Gasteiger partial charge < -0.3 is 15.8 Å². The van der Waals surface area contributed by atoms with Crippen LogP contribution in [0, 0.1) is 0 Å². The fourth-order valence-corrected chi connectivity index (χ4v) is 2.10. The van der Waals surface area contributed by atoms with Crippen molar-refractivity contribution in [2.75, 3.05) is 17.7 Å². The molecule has 0 unspecified atom stereocenters. The molecule has 3 N–H and O–H groups in total. The summed E-state index contributed by atoms with van der Waals surface area (Å²) in [7, 11) is 1.77. The summed E-state index contributed by atoms with van der Waals surface area (Å²) in [6, 6.07) is 3.09. The highest BCUT2D eigenvalue weighted by Gasteiger charge is 2.17. The fourth-order valence-electron chi connectivity index (χ4n) is 1.81. The van der Waals surface area contributed by atoms with Gasteiger partial charge in [0, 0.05) is 12.7 Å². The quantitative estimate of drug-likeness (QED) is 0.646. The molecule has 8 heteroatoms. The largest absolute Gasteiger partial charge is 0.462 e. The number of aryl methyl sites for hydroxylation is 1. The first-order chi connectivity index (χ1) is 10.0. The standard InChI is InChI=1S/C13H16ClN5O2/c1-3-21-13(20)9-4-8(15)5-10(14)12(9)16-6-11-17-7-19(2)18-11/h4-5,7,16H,3,6,15H2,1-2H3. The van der Waals surface area contributed by atoms with E-state index in [1.807, 2.05) is 0 Å². The van der Waals surface area contributed by atoms with Crippen LogP contribution in [0.4, 0.5) is 11.4 Å². The van der Waals surface area contributed by atoms with E-state index in [1.165, 1.54) is 6.07 Å². The highest BCUT2D eigenvalue weighted by Crippen LogP contribution is 2.30. The smallest absolute Gasteiger partial charge is 0.340 e. The molecule has 21 heavy (non-hydrogen) atoms. The molecule has 0 atom stereocenters. The van der Waals surface area contributed by atoms with Crippen molar-refractivity contribution >= 4 is 28.9 Å². The van der Waals surface area contributed by atoms with Crippen LogP contribution in [0.3, 0.4) is 0 Å². The van der Waals surface area contributed by atoms with Crippen LogP contribution in [-0.4, -0.2) is 27.3 Å². The minimum Gasteiger partial charge on any atom is -0.462 e. The topological polar surface area (TPSA) is 95.1 Å². The molecule has 1 heterocycles. The summed E-state index contributed by atoms with van der Waals surface area (Å²) < 4.78 is 6.60. The third-order valence-corrected chi connectivity index (χ3v) is 2.98. The molecule has 2 aromatic rings. The van der Waals surface area contributed by atoms with Crippen molar-refractivity contribution in [3.05, 3.63) is 34.9 Å². The van der Waals surface area contributed by atoms with Crippen molar-refractivity contribution in [2.45, 2.75) is 13.5 Å². The predicted octanol–water partition coefficient (Wildman–Crippen LogP) is 1.84. The Morgan fingerprint density at radius 3 is 2.90 bits per heavy atom. The molecule has 0 saturated carbocycles. The summed E-state index contributed by atoms with van der Waals surface area (Å²) in [5.41, 5.74) is 6.86. The molecule has 0 spiro atoms. The first-order valence-electron chi connectivity index (χ1n) is 6.35. The Kier molecular flexibility index (Phi) is 4.64. The van der Waals surface area contributed by atoms with E-state index >= 15 is 0 Å². The number of esters is 1. The maximum absolute atomic E-state index is 12.0. The number of halogens is 1. The Morgan fingerprint density at radius 2 is 2.29 bits per heavy atom. The Labute approximate surface area is 127 Å². The minimum atomic E-state index is -0.483. The number of nitrogens with zero attached hydrogens (tertiary/aromatic N) is 3. The van der Waals surface area contributed by atoms with Crippen molar-refractivity contribution < 1.29 is 9.53 Å². The third kappa shape index (κ3) is 3.63. The number of nitrogens with two attached hydrogens (primary N) is 1. The monoisotopic (exact) mass is 309 g/mol. The number of carbonyl (C=O) groups is 1. The first-order valence-corrected chi connectivity index (χ1v) is 6.73. The van der Waals surface area contributed by atoms with Gasteiger partial charge in [-0.1, -0.05) is 11.6 Å². The predicted molar refractivity (Wildman–Crippen MR) is 80.2 cm³/mol. The van der Waals surface area contributed by atoms with Crippen molar-refractivity contribution in [3.63, 3.8) is 0 Å². The van der Waals surface area contributed by atoms with Gasteiger partial charge in [-0.3, -0.25) is 4.68 Å². The SMILES string of the molecule is CCOC(=O)c1cc(N)cc(Cl)c1NCc1ncn(C)n1. The van der Waals surface area contributed by atoms with Gasteiger partial charge in [-0.15, -0.1) is 0 Å². The second-order valence-corrected chi connectivity index (χ2v) is 4.74. The Morgan fingerprint density at radius 1 is 1.52 bits per heavy atom. The second-order valence-electron chi connectivity index (χ2n) is 4.33. The molecule has 0 radical (unpaired) electrons. The summed E-state index contributed by atoms with van der Waals surface area (Å²) in [6.45, 7) is 2.33. The number of ether oxygens (including phenoxy) is 1. The van der Waals surface area contributed by atoms with Gasteiger partial charge in [-0.2, -0.15) is 5.10 Å². The van der Waals surface area contributed by atoms with Gasteiger partial charge in [0.05, 0.1) is 29.4 Å². The van der Waals surface area contributed by atoms with E-state index in [0.717, 1.165) is 0 Å². The number of benzene rings is 1. The van der Waals surface area contributed by atoms with Crippen molar-refractivity contribution in [3.8, 4) is 0 Å². The number of nitrogens with one attached hydrogen (secondary N) is 1. The molecule has 0 saturated heterocycles. The van der Waals surface area contributed by atoms with Crippen LogP contribution >= 0.6 is 11.6 Å². The lowest BCUT2D eigenvalue weighted by molar-refractivity contribution is 0.0527. The number of hydrogen-bond acceptors (Lipinski definition) is 6. The number of anilines is 2. The lowest BCUT2D eigenvalue weighted by atomic mass is 10.1. The molecular formula is C13H16ClN5O2. The average molecular weight is 310 g/mol. The molecule has 7 nitrogen and oxygen atoms in total. The molecule has 0 aliphatic heterocycles. The van der Waals surface area contributed by atoms with Gasteiger partial charge in [0.15, 0.2) is 5.82 Å². The van der Waals surface area contributed by atoms with Crippen molar-refractivity contribution in [2.24, 2.45) is 7.05 Å². The molecule has 0 fully saturated rings. The van der Waals surface area contributed by atoms with E-state index in [9.17, 15) is 4.79 Å². The summed E-state index contributed by atoms with van der Waals surface area (Å²) in [4.78, 5) is 16.1. The third-order valence-electron chi connectivity index (χ3n) is 2.68.